The van der Waals surface area contributed by atoms with E-state index >= 15 is 0 Å². The Morgan fingerprint density at radius 2 is 2.36 bits per heavy atom. The molecular formula is C6H12N4S. The summed E-state index contributed by atoms with van der Waals surface area (Å²) in [5.74, 6) is 0. The van der Waals surface area contributed by atoms with E-state index in [2.05, 4.69) is 29.3 Å². The van der Waals surface area contributed by atoms with Crippen LogP contribution in [0.15, 0.2) is 5.16 Å². The second-order valence-corrected chi connectivity index (χ2v) is 3.13. The van der Waals surface area contributed by atoms with Crippen molar-refractivity contribution in [1.29, 1.82) is 0 Å². The van der Waals surface area contributed by atoms with Gasteiger partial charge in [0.25, 0.3) is 0 Å². The van der Waals surface area contributed by atoms with Crippen LogP contribution >= 0.6 is 11.8 Å². The Bertz CT molecular complexity index is 222. The van der Waals surface area contributed by atoms with Crippen LogP contribution in [-0.4, -0.2) is 26.5 Å². The van der Waals surface area contributed by atoms with Gasteiger partial charge in [-0.05, 0) is 24.8 Å². The normalized spacial score (nSPS) is 13.4. The average Bonchev–Trinajstić information content (AvgIpc) is 2.50. The van der Waals surface area contributed by atoms with Gasteiger partial charge in [0, 0.05) is 0 Å². The van der Waals surface area contributed by atoms with E-state index in [4.69, 9.17) is 0 Å². The lowest BCUT2D eigenvalue weighted by molar-refractivity contribution is 0.411. The zero-order valence-corrected chi connectivity index (χ0v) is 7.80. The molecule has 0 aliphatic heterocycles. The van der Waals surface area contributed by atoms with E-state index < -0.39 is 0 Å². The highest BCUT2D eigenvalue weighted by Gasteiger charge is 2.05. The summed E-state index contributed by atoms with van der Waals surface area (Å²) < 4.78 is 0. The fraction of sp³-hybridized carbons (Fsp3) is 0.833. The Morgan fingerprint density at radius 3 is 2.82 bits per heavy atom. The van der Waals surface area contributed by atoms with Crippen LogP contribution in [0.1, 0.15) is 26.3 Å². The molecule has 0 saturated carbocycles. The molecule has 5 heteroatoms. The number of nitrogens with zero attached hydrogens (tertiary/aromatic N) is 4. The third-order valence-electron chi connectivity index (χ3n) is 1.58. The molecule has 0 bridgehead atoms. The molecule has 1 aromatic rings. The molecule has 1 atom stereocenters. The molecule has 62 valence electrons. The highest BCUT2D eigenvalue weighted by atomic mass is 32.2. The second kappa shape index (κ2) is 3.71. The number of hydrogen-bond donors (Lipinski definition) is 0. The maximum absolute atomic E-state index is 4.16. The van der Waals surface area contributed by atoms with Gasteiger partial charge >= 0.3 is 0 Å². The number of aromatic nitrogens is 4. The molecule has 0 fully saturated rings. The topological polar surface area (TPSA) is 43.6 Å². The lowest BCUT2D eigenvalue weighted by Crippen LogP contribution is -2.07. The first kappa shape index (κ1) is 8.52. The Morgan fingerprint density at radius 1 is 1.64 bits per heavy atom. The van der Waals surface area contributed by atoms with Crippen LogP contribution in [-0.2, 0) is 0 Å². The van der Waals surface area contributed by atoms with Gasteiger partial charge < -0.3 is 0 Å². The predicted octanol–water partition coefficient (Wildman–Crippen LogP) is 1.37. The lowest BCUT2D eigenvalue weighted by atomic mass is 10.3. The summed E-state index contributed by atoms with van der Waals surface area (Å²) in [6.45, 7) is 4.18. The first-order chi connectivity index (χ1) is 5.27. The second-order valence-electron chi connectivity index (χ2n) is 2.35. The van der Waals surface area contributed by atoms with E-state index in [9.17, 15) is 0 Å². The largest absolute Gasteiger partial charge is 0.230 e. The first-order valence-electron chi connectivity index (χ1n) is 3.61. The van der Waals surface area contributed by atoms with Crippen LogP contribution in [0.25, 0.3) is 0 Å². The minimum Gasteiger partial charge on any atom is -0.160 e. The molecule has 1 aromatic heterocycles. The number of thioether (sulfide) groups is 1. The van der Waals surface area contributed by atoms with Gasteiger partial charge in [-0.3, -0.25) is 0 Å². The van der Waals surface area contributed by atoms with Crippen molar-refractivity contribution in [3.05, 3.63) is 0 Å². The molecule has 0 aromatic carbocycles. The van der Waals surface area contributed by atoms with Gasteiger partial charge in [0.2, 0.25) is 5.16 Å². The molecule has 1 heterocycles. The number of rotatable bonds is 3. The highest BCUT2D eigenvalue weighted by molar-refractivity contribution is 7.98. The summed E-state index contributed by atoms with van der Waals surface area (Å²) in [5, 5.41) is 12.7. The summed E-state index contributed by atoms with van der Waals surface area (Å²) in [6.07, 6.45) is 2.97. The van der Waals surface area contributed by atoms with Gasteiger partial charge in [0.05, 0.1) is 6.04 Å². The molecule has 11 heavy (non-hydrogen) atoms. The summed E-state index contributed by atoms with van der Waals surface area (Å²) in [4.78, 5) is 1.66. The van der Waals surface area contributed by atoms with Crippen molar-refractivity contribution in [1.82, 2.24) is 20.2 Å². The summed E-state index contributed by atoms with van der Waals surface area (Å²) in [5.41, 5.74) is 0. The fourth-order valence-corrected chi connectivity index (χ4v) is 0.927. The number of hydrogen-bond acceptors (Lipinski definition) is 4. The van der Waals surface area contributed by atoms with Crippen molar-refractivity contribution in [2.24, 2.45) is 0 Å². The van der Waals surface area contributed by atoms with Crippen LogP contribution in [0.5, 0.6) is 0 Å². The SMILES string of the molecule is CCC(C)n1nnc(SC)n1. The fourth-order valence-electron chi connectivity index (χ4n) is 0.643. The van der Waals surface area contributed by atoms with Crippen molar-refractivity contribution in [3.8, 4) is 0 Å². The Labute approximate surface area is 70.4 Å². The number of tetrazole rings is 1. The Hall–Kier alpha value is -0.580. The van der Waals surface area contributed by atoms with Crippen molar-refractivity contribution in [3.63, 3.8) is 0 Å². The summed E-state index contributed by atoms with van der Waals surface area (Å²) >= 11 is 1.51. The minimum absolute atomic E-state index is 0.350. The van der Waals surface area contributed by atoms with Crippen LogP contribution < -0.4 is 0 Å². The minimum atomic E-state index is 0.350. The van der Waals surface area contributed by atoms with Crippen molar-refractivity contribution >= 4 is 11.8 Å². The Balaban J connectivity index is 2.71. The molecule has 0 amide bonds. The van der Waals surface area contributed by atoms with E-state index in [-0.39, 0.29) is 0 Å². The van der Waals surface area contributed by atoms with E-state index in [0.717, 1.165) is 11.6 Å². The molecule has 0 saturated heterocycles. The van der Waals surface area contributed by atoms with E-state index in [1.807, 2.05) is 6.26 Å². The van der Waals surface area contributed by atoms with Gasteiger partial charge in [-0.2, -0.15) is 4.80 Å². The van der Waals surface area contributed by atoms with Gasteiger partial charge in [0.1, 0.15) is 0 Å². The van der Waals surface area contributed by atoms with Gasteiger partial charge in [-0.15, -0.1) is 10.2 Å². The van der Waals surface area contributed by atoms with Crippen LogP contribution in [0, 0.1) is 0 Å². The zero-order valence-electron chi connectivity index (χ0n) is 6.98. The van der Waals surface area contributed by atoms with Gasteiger partial charge in [0.15, 0.2) is 0 Å². The molecule has 1 unspecified atom stereocenters. The molecule has 0 aliphatic carbocycles. The third kappa shape index (κ3) is 1.92. The highest BCUT2D eigenvalue weighted by Crippen LogP contribution is 2.09. The standard InChI is InChI=1S/C6H12N4S/c1-4-5(2)10-8-6(11-3)7-9-10/h5H,4H2,1-3H3. The Kier molecular flexibility index (Phi) is 2.87. The molecule has 0 N–H and O–H groups in total. The van der Waals surface area contributed by atoms with Gasteiger partial charge in [-0.1, -0.05) is 18.7 Å². The smallest absolute Gasteiger partial charge is 0.160 e. The van der Waals surface area contributed by atoms with Gasteiger partial charge in [-0.25, -0.2) is 0 Å². The predicted molar refractivity (Wildman–Crippen MR) is 44.6 cm³/mol. The molecule has 1 rings (SSSR count). The molecule has 0 radical (unpaired) electrons. The van der Waals surface area contributed by atoms with Crippen molar-refractivity contribution < 1.29 is 0 Å². The van der Waals surface area contributed by atoms with Crippen molar-refractivity contribution in [2.75, 3.05) is 6.26 Å². The quantitative estimate of drug-likeness (QED) is 0.646. The van der Waals surface area contributed by atoms with Crippen LogP contribution in [0.4, 0.5) is 0 Å². The zero-order chi connectivity index (χ0) is 8.27. The molecule has 0 aliphatic rings. The summed E-state index contributed by atoms with van der Waals surface area (Å²) in [7, 11) is 0. The monoisotopic (exact) mass is 172 g/mol. The molecular weight excluding hydrogens is 160 g/mol. The third-order valence-corrected chi connectivity index (χ3v) is 2.11. The van der Waals surface area contributed by atoms with Crippen LogP contribution in [0.2, 0.25) is 0 Å². The molecule has 4 nitrogen and oxygen atoms in total. The first-order valence-corrected chi connectivity index (χ1v) is 4.84. The van der Waals surface area contributed by atoms with E-state index in [0.29, 0.717) is 6.04 Å². The maximum Gasteiger partial charge on any atom is 0.230 e. The lowest BCUT2D eigenvalue weighted by Gasteiger charge is -2.03. The van der Waals surface area contributed by atoms with E-state index in [1.165, 1.54) is 11.8 Å². The van der Waals surface area contributed by atoms with Crippen LogP contribution in [0.3, 0.4) is 0 Å². The van der Waals surface area contributed by atoms with E-state index in [1.54, 1.807) is 4.80 Å². The molecule has 0 spiro atoms. The summed E-state index contributed by atoms with van der Waals surface area (Å²) in [6, 6.07) is 0.350. The van der Waals surface area contributed by atoms with Crippen molar-refractivity contribution in [2.45, 2.75) is 31.5 Å². The maximum atomic E-state index is 4.16. The average molecular weight is 172 g/mol.